The molecule has 2 heterocycles. The number of carbonyl (C=O) groups is 1. The number of aromatic nitrogens is 3. The molecule has 1 saturated heterocycles. The Labute approximate surface area is 219 Å². The van der Waals surface area contributed by atoms with E-state index in [1.165, 1.54) is 24.4 Å². The van der Waals surface area contributed by atoms with Gasteiger partial charge in [0, 0.05) is 39.4 Å². The molecule has 204 valence electrons. The van der Waals surface area contributed by atoms with Crippen LogP contribution in [0.4, 0.5) is 8.78 Å². The molecule has 0 unspecified atom stereocenters. The number of amides is 1. The fourth-order valence-electron chi connectivity index (χ4n) is 4.30. The van der Waals surface area contributed by atoms with Crippen molar-refractivity contribution in [3.63, 3.8) is 0 Å². The van der Waals surface area contributed by atoms with Crippen molar-refractivity contribution in [1.29, 1.82) is 0 Å². The van der Waals surface area contributed by atoms with E-state index < -0.39 is 17.2 Å². The molecule has 1 aliphatic rings. The number of ether oxygens (including phenoxy) is 3. The van der Waals surface area contributed by atoms with Gasteiger partial charge in [-0.15, -0.1) is 0 Å². The van der Waals surface area contributed by atoms with Gasteiger partial charge < -0.3 is 24.2 Å². The summed E-state index contributed by atoms with van der Waals surface area (Å²) in [7, 11) is 1.43. The summed E-state index contributed by atoms with van der Waals surface area (Å²) in [5, 5.41) is 15.6. The monoisotopic (exact) mass is 531 g/mol. The second-order valence-corrected chi connectivity index (χ2v) is 9.20. The number of methoxy groups -OCH3 is 1. The van der Waals surface area contributed by atoms with Gasteiger partial charge in [0.2, 0.25) is 5.91 Å². The second kappa shape index (κ2) is 12.8. The molecule has 2 aromatic carbocycles. The fraction of sp³-hybridized carbons (Fsp3) is 0.423. The van der Waals surface area contributed by atoms with Gasteiger partial charge in [-0.2, -0.15) is 5.10 Å². The molecule has 1 amide bonds. The van der Waals surface area contributed by atoms with E-state index in [0.717, 1.165) is 11.6 Å². The summed E-state index contributed by atoms with van der Waals surface area (Å²) in [5.41, 5.74) is -0.570. The molecular formula is C26H31F2N5O5. The molecule has 1 aromatic heterocycles. The van der Waals surface area contributed by atoms with Crippen LogP contribution in [0.15, 0.2) is 55.1 Å². The highest BCUT2D eigenvalue weighted by atomic mass is 19.1. The highest BCUT2D eigenvalue weighted by molar-refractivity contribution is 5.77. The average molecular weight is 532 g/mol. The topological polar surface area (TPSA) is 102 Å². The molecule has 1 atom stereocenters. The third-order valence-electron chi connectivity index (χ3n) is 6.06. The van der Waals surface area contributed by atoms with Crippen LogP contribution >= 0.6 is 0 Å². The Morgan fingerprint density at radius 1 is 1.13 bits per heavy atom. The smallest absolute Gasteiger partial charge is 0.248 e. The van der Waals surface area contributed by atoms with Crippen LogP contribution < -0.4 is 9.47 Å². The highest BCUT2D eigenvalue weighted by Gasteiger charge is 2.37. The van der Waals surface area contributed by atoms with E-state index in [-0.39, 0.29) is 38.0 Å². The van der Waals surface area contributed by atoms with Gasteiger partial charge in [-0.1, -0.05) is 12.1 Å². The summed E-state index contributed by atoms with van der Waals surface area (Å²) >= 11 is 0. The molecule has 1 fully saturated rings. The number of halogens is 2. The van der Waals surface area contributed by atoms with E-state index in [9.17, 15) is 18.7 Å². The second-order valence-electron chi connectivity index (χ2n) is 9.20. The summed E-state index contributed by atoms with van der Waals surface area (Å²) in [6, 6.07) is 10.6. The van der Waals surface area contributed by atoms with E-state index in [4.69, 9.17) is 14.2 Å². The van der Waals surface area contributed by atoms with Gasteiger partial charge in [-0.3, -0.25) is 9.69 Å². The standard InChI is InChI=1S/C26H31F2N5O5/c1-36-14-25(34)32-8-7-31(15-26(35,16-32)17-38-24-6-5-21(27)12-23(24)28)13-20-3-2-4-22(11-20)37-10-9-33-19-29-18-30-33/h2-6,11-12,18-19,35H,7-10,13-17H2,1H3/t26-/m1/s1. The molecule has 0 radical (unpaired) electrons. The fourth-order valence-corrected chi connectivity index (χ4v) is 4.30. The predicted octanol–water partition coefficient (Wildman–Crippen LogP) is 1.74. The molecule has 12 heteroatoms. The summed E-state index contributed by atoms with van der Waals surface area (Å²) < 4.78 is 45.5. The van der Waals surface area contributed by atoms with Crippen LogP contribution in [0.2, 0.25) is 0 Å². The minimum absolute atomic E-state index is 0.0278. The van der Waals surface area contributed by atoms with Crippen molar-refractivity contribution >= 4 is 5.91 Å². The van der Waals surface area contributed by atoms with E-state index >= 15 is 0 Å². The van der Waals surface area contributed by atoms with Crippen molar-refractivity contribution in [3.05, 3.63) is 72.3 Å². The largest absolute Gasteiger partial charge is 0.492 e. The number of hydrogen-bond acceptors (Lipinski definition) is 8. The van der Waals surface area contributed by atoms with E-state index in [1.807, 2.05) is 29.2 Å². The molecule has 1 N–H and O–H groups in total. The van der Waals surface area contributed by atoms with Gasteiger partial charge >= 0.3 is 0 Å². The number of carbonyl (C=O) groups excluding carboxylic acids is 1. The number of hydrogen-bond donors (Lipinski definition) is 1. The van der Waals surface area contributed by atoms with Gasteiger partial charge in [0.1, 0.15) is 49.6 Å². The first-order valence-electron chi connectivity index (χ1n) is 12.2. The normalized spacial score (nSPS) is 18.3. The highest BCUT2D eigenvalue weighted by Crippen LogP contribution is 2.23. The van der Waals surface area contributed by atoms with Crippen LogP contribution in [-0.4, -0.2) is 94.3 Å². The van der Waals surface area contributed by atoms with Crippen LogP contribution in [-0.2, 0) is 22.6 Å². The first kappa shape index (κ1) is 27.4. The van der Waals surface area contributed by atoms with Gasteiger partial charge in [-0.05, 0) is 29.8 Å². The van der Waals surface area contributed by atoms with E-state index in [0.29, 0.717) is 44.6 Å². The number of benzene rings is 2. The maximum atomic E-state index is 14.1. The minimum atomic E-state index is -1.52. The molecule has 4 rings (SSSR count). The summed E-state index contributed by atoms with van der Waals surface area (Å²) in [4.78, 5) is 20.0. The number of rotatable bonds is 11. The Kier molecular flexibility index (Phi) is 9.21. The SMILES string of the molecule is COCC(=O)N1CCN(Cc2cccc(OCCn3cncn3)c2)C[C@](O)(COc2ccc(F)cc2F)C1. The Morgan fingerprint density at radius 3 is 2.76 bits per heavy atom. The molecule has 10 nitrogen and oxygen atoms in total. The van der Waals surface area contributed by atoms with Crippen molar-refractivity contribution in [1.82, 2.24) is 24.6 Å². The Hall–Kier alpha value is -3.61. The summed E-state index contributed by atoms with van der Waals surface area (Å²) in [6.07, 6.45) is 3.09. The Balaban J connectivity index is 1.43. The Morgan fingerprint density at radius 2 is 2.00 bits per heavy atom. The van der Waals surface area contributed by atoms with Crippen LogP contribution in [0.3, 0.4) is 0 Å². The number of aliphatic hydroxyl groups is 1. The molecule has 0 saturated carbocycles. The number of nitrogens with zero attached hydrogens (tertiary/aromatic N) is 5. The minimum Gasteiger partial charge on any atom is -0.492 e. The molecule has 0 spiro atoms. The molecule has 3 aromatic rings. The van der Waals surface area contributed by atoms with Crippen molar-refractivity contribution in [2.45, 2.75) is 18.7 Å². The zero-order chi connectivity index (χ0) is 27.0. The lowest BCUT2D eigenvalue weighted by molar-refractivity contribution is -0.138. The average Bonchev–Trinajstić information content (AvgIpc) is 3.34. The third kappa shape index (κ3) is 7.70. The van der Waals surface area contributed by atoms with Gasteiger partial charge in [0.15, 0.2) is 11.6 Å². The predicted molar refractivity (Wildman–Crippen MR) is 132 cm³/mol. The summed E-state index contributed by atoms with van der Waals surface area (Å²) in [5.74, 6) is -1.36. The van der Waals surface area contributed by atoms with Crippen molar-refractivity contribution in [2.24, 2.45) is 0 Å². The first-order valence-corrected chi connectivity index (χ1v) is 12.2. The van der Waals surface area contributed by atoms with Gasteiger partial charge in [0.05, 0.1) is 13.1 Å². The van der Waals surface area contributed by atoms with Crippen molar-refractivity contribution in [3.8, 4) is 11.5 Å². The van der Waals surface area contributed by atoms with Crippen molar-refractivity contribution in [2.75, 3.05) is 53.1 Å². The molecule has 0 aliphatic carbocycles. The summed E-state index contributed by atoms with van der Waals surface area (Å²) in [6.45, 7) is 2.01. The maximum Gasteiger partial charge on any atom is 0.248 e. The Bertz CT molecular complexity index is 1200. The van der Waals surface area contributed by atoms with Crippen LogP contribution in [0.25, 0.3) is 0 Å². The van der Waals surface area contributed by atoms with Gasteiger partial charge in [0.25, 0.3) is 0 Å². The zero-order valence-corrected chi connectivity index (χ0v) is 21.1. The number of β-amino-alcohol motifs (C(OH)–C–C–N with tert-alkyl or cyclic N) is 1. The molecule has 1 aliphatic heterocycles. The van der Waals surface area contributed by atoms with Gasteiger partial charge in [-0.25, -0.2) is 18.4 Å². The molecule has 0 bridgehead atoms. The van der Waals surface area contributed by atoms with E-state index in [1.54, 1.807) is 11.0 Å². The van der Waals surface area contributed by atoms with Crippen molar-refractivity contribution < 1.29 is 32.9 Å². The lowest BCUT2D eigenvalue weighted by atomic mass is 10.0. The zero-order valence-electron chi connectivity index (χ0n) is 21.1. The van der Waals surface area contributed by atoms with Crippen LogP contribution in [0.5, 0.6) is 11.5 Å². The maximum absolute atomic E-state index is 14.1. The molecular weight excluding hydrogens is 500 g/mol. The molecule has 38 heavy (non-hydrogen) atoms. The quantitative estimate of drug-likeness (QED) is 0.399. The van der Waals surface area contributed by atoms with Crippen LogP contribution in [0.1, 0.15) is 5.56 Å². The van der Waals surface area contributed by atoms with E-state index in [2.05, 4.69) is 10.1 Å². The third-order valence-corrected chi connectivity index (χ3v) is 6.06. The lowest BCUT2D eigenvalue weighted by Gasteiger charge is -2.33. The van der Waals surface area contributed by atoms with Crippen LogP contribution in [0, 0.1) is 11.6 Å². The first-order chi connectivity index (χ1) is 18.3. The lowest BCUT2D eigenvalue weighted by Crippen LogP contribution is -2.52.